The van der Waals surface area contributed by atoms with Gasteiger partial charge in [-0.3, -0.25) is 0 Å². The van der Waals surface area contributed by atoms with Crippen molar-refractivity contribution in [2.45, 2.75) is 0 Å². The smallest absolute Gasteiger partial charge is 0.194 e. The SMILES string of the molecule is NC(=S)c1cccnc1Nc1cc(F)c(F)c(F)c1. The van der Waals surface area contributed by atoms with Gasteiger partial charge in [-0.1, -0.05) is 12.2 Å². The number of hydrogen-bond acceptors (Lipinski definition) is 3. The average molecular weight is 283 g/mol. The Bertz CT molecular complexity index is 623. The Labute approximate surface area is 112 Å². The molecule has 0 aliphatic carbocycles. The highest BCUT2D eigenvalue weighted by Gasteiger charge is 2.12. The number of pyridine rings is 1. The minimum atomic E-state index is -1.53. The van der Waals surface area contributed by atoms with Crippen molar-refractivity contribution in [3.63, 3.8) is 0 Å². The van der Waals surface area contributed by atoms with Gasteiger partial charge in [0, 0.05) is 24.0 Å². The van der Waals surface area contributed by atoms with Gasteiger partial charge in [-0.05, 0) is 12.1 Å². The Morgan fingerprint density at radius 1 is 1.21 bits per heavy atom. The Kier molecular flexibility index (Phi) is 3.66. The van der Waals surface area contributed by atoms with Crippen LogP contribution in [0.2, 0.25) is 0 Å². The van der Waals surface area contributed by atoms with Crippen LogP contribution in [0, 0.1) is 17.5 Å². The normalized spacial score (nSPS) is 10.3. The lowest BCUT2D eigenvalue weighted by molar-refractivity contribution is 0.448. The molecule has 3 N–H and O–H groups in total. The highest BCUT2D eigenvalue weighted by atomic mass is 32.1. The van der Waals surface area contributed by atoms with Gasteiger partial charge in [0.1, 0.15) is 10.8 Å². The van der Waals surface area contributed by atoms with E-state index in [1.54, 1.807) is 12.1 Å². The van der Waals surface area contributed by atoms with Crippen LogP contribution in [0.1, 0.15) is 5.56 Å². The molecule has 1 aromatic heterocycles. The Balaban J connectivity index is 2.39. The van der Waals surface area contributed by atoms with Crippen molar-refractivity contribution in [1.29, 1.82) is 0 Å². The van der Waals surface area contributed by atoms with Crippen molar-refractivity contribution in [3.8, 4) is 0 Å². The minimum Gasteiger partial charge on any atom is -0.389 e. The third-order valence-electron chi connectivity index (χ3n) is 2.32. The number of nitrogens with one attached hydrogen (secondary N) is 1. The second kappa shape index (κ2) is 5.23. The van der Waals surface area contributed by atoms with Gasteiger partial charge in [-0.25, -0.2) is 18.2 Å². The van der Waals surface area contributed by atoms with E-state index in [4.69, 9.17) is 18.0 Å². The van der Waals surface area contributed by atoms with Crippen molar-refractivity contribution >= 4 is 28.7 Å². The highest BCUT2D eigenvalue weighted by Crippen LogP contribution is 2.22. The average Bonchev–Trinajstić information content (AvgIpc) is 2.36. The maximum atomic E-state index is 13.1. The summed E-state index contributed by atoms with van der Waals surface area (Å²) >= 11 is 4.83. The molecule has 0 bridgehead atoms. The first-order valence-electron chi connectivity index (χ1n) is 5.15. The zero-order valence-electron chi connectivity index (χ0n) is 9.45. The maximum Gasteiger partial charge on any atom is 0.194 e. The van der Waals surface area contributed by atoms with E-state index in [-0.39, 0.29) is 16.5 Å². The van der Waals surface area contributed by atoms with Crippen LogP contribution in [0.3, 0.4) is 0 Å². The number of nitrogens with two attached hydrogens (primary N) is 1. The summed E-state index contributed by atoms with van der Waals surface area (Å²) in [5.74, 6) is -3.88. The topological polar surface area (TPSA) is 50.9 Å². The molecule has 0 aliphatic rings. The first-order chi connectivity index (χ1) is 8.99. The Morgan fingerprint density at radius 2 is 1.84 bits per heavy atom. The van der Waals surface area contributed by atoms with E-state index in [0.29, 0.717) is 5.56 Å². The highest BCUT2D eigenvalue weighted by molar-refractivity contribution is 7.80. The molecule has 0 atom stereocenters. The lowest BCUT2D eigenvalue weighted by Gasteiger charge is -2.10. The summed E-state index contributed by atoms with van der Waals surface area (Å²) in [7, 11) is 0. The van der Waals surface area contributed by atoms with Crippen molar-refractivity contribution in [1.82, 2.24) is 4.98 Å². The fourth-order valence-electron chi connectivity index (χ4n) is 1.47. The molecular formula is C12H8F3N3S. The molecular weight excluding hydrogens is 275 g/mol. The van der Waals surface area contributed by atoms with Crippen molar-refractivity contribution in [2.75, 3.05) is 5.32 Å². The number of hydrogen-bond donors (Lipinski definition) is 2. The van der Waals surface area contributed by atoms with Crippen LogP contribution in [0.25, 0.3) is 0 Å². The molecule has 0 amide bonds. The molecule has 98 valence electrons. The van der Waals surface area contributed by atoms with E-state index in [2.05, 4.69) is 10.3 Å². The van der Waals surface area contributed by atoms with Gasteiger partial charge in [0.25, 0.3) is 0 Å². The zero-order chi connectivity index (χ0) is 14.0. The van der Waals surface area contributed by atoms with Crippen LogP contribution in [0.4, 0.5) is 24.7 Å². The predicted octanol–water partition coefficient (Wildman–Crippen LogP) is 2.88. The van der Waals surface area contributed by atoms with Crippen molar-refractivity contribution in [3.05, 3.63) is 53.5 Å². The standard InChI is InChI=1S/C12H8F3N3S/c13-8-4-6(5-9(14)10(8)15)18-12-7(11(16)19)2-1-3-17-12/h1-5H,(H2,16,19)(H,17,18). The fraction of sp³-hybridized carbons (Fsp3) is 0. The third-order valence-corrected chi connectivity index (χ3v) is 2.54. The second-order valence-electron chi connectivity index (χ2n) is 3.64. The fourth-order valence-corrected chi connectivity index (χ4v) is 1.63. The monoisotopic (exact) mass is 283 g/mol. The summed E-state index contributed by atoms with van der Waals surface area (Å²) in [5, 5.41) is 2.64. The lowest BCUT2D eigenvalue weighted by Crippen LogP contribution is -2.13. The Hall–Kier alpha value is -2.15. The minimum absolute atomic E-state index is 0.00704. The quantitative estimate of drug-likeness (QED) is 0.672. The van der Waals surface area contributed by atoms with Gasteiger partial charge >= 0.3 is 0 Å². The molecule has 0 saturated heterocycles. The number of nitrogens with zero attached hydrogens (tertiary/aromatic N) is 1. The van der Waals surface area contributed by atoms with Gasteiger partial charge in [-0.2, -0.15) is 0 Å². The van der Waals surface area contributed by atoms with Gasteiger partial charge in [-0.15, -0.1) is 0 Å². The lowest BCUT2D eigenvalue weighted by atomic mass is 10.2. The molecule has 3 nitrogen and oxygen atoms in total. The number of halogens is 3. The van der Waals surface area contributed by atoms with Gasteiger partial charge in [0.2, 0.25) is 0 Å². The van der Waals surface area contributed by atoms with Crippen LogP contribution in [-0.4, -0.2) is 9.97 Å². The molecule has 0 spiro atoms. The Morgan fingerprint density at radius 3 is 2.42 bits per heavy atom. The second-order valence-corrected chi connectivity index (χ2v) is 4.08. The molecule has 0 aliphatic heterocycles. The first-order valence-corrected chi connectivity index (χ1v) is 5.56. The van der Waals surface area contributed by atoms with Crippen molar-refractivity contribution < 1.29 is 13.2 Å². The van der Waals surface area contributed by atoms with E-state index >= 15 is 0 Å². The van der Waals surface area contributed by atoms with E-state index in [1.807, 2.05) is 0 Å². The number of rotatable bonds is 3. The molecule has 0 fully saturated rings. The van der Waals surface area contributed by atoms with Gasteiger partial charge < -0.3 is 11.1 Å². The van der Waals surface area contributed by atoms with E-state index in [1.165, 1.54) is 6.20 Å². The zero-order valence-corrected chi connectivity index (χ0v) is 10.3. The van der Waals surface area contributed by atoms with E-state index in [9.17, 15) is 13.2 Å². The largest absolute Gasteiger partial charge is 0.389 e. The molecule has 2 aromatic rings. The van der Waals surface area contributed by atoms with Crippen LogP contribution < -0.4 is 11.1 Å². The van der Waals surface area contributed by atoms with Gasteiger partial charge in [0.05, 0.1) is 5.56 Å². The molecule has 2 rings (SSSR count). The van der Waals surface area contributed by atoms with Crippen LogP contribution >= 0.6 is 12.2 Å². The first kappa shape index (κ1) is 13.3. The predicted molar refractivity (Wildman–Crippen MR) is 69.7 cm³/mol. The van der Waals surface area contributed by atoms with Gasteiger partial charge in [0.15, 0.2) is 17.5 Å². The molecule has 1 heterocycles. The van der Waals surface area contributed by atoms with Crippen molar-refractivity contribution in [2.24, 2.45) is 5.73 Å². The summed E-state index contributed by atoms with van der Waals surface area (Å²) in [6, 6.07) is 4.85. The van der Waals surface area contributed by atoms with E-state index in [0.717, 1.165) is 12.1 Å². The van der Waals surface area contributed by atoms with Crippen LogP contribution in [0.5, 0.6) is 0 Å². The number of aromatic nitrogens is 1. The molecule has 0 radical (unpaired) electrons. The molecule has 0 saturated carbocycles. The molecule has 0 unspecified atom stereocenters. The summed E-state index contributed by atoms with van der Waals surface area (Å²) in [6.45, 7) is 0. The van der Waals surface area contributed by atoms with Crippen LogP contribution in [-0.2, 0) is 0 Å². The summed E-state index contributed by atoms with van der Waals surface area (Å²) < 4.78 is 39.0. The maximum absolute atomic E-state index is 13.1. The molecule has 1 aromatic carbocycles. The number of benzene rings is 1. The third kappa shape index (κ3) is 2.82. The summed E-state index contributed by atoms with van der Waals surface area (Å²) in [4.78, 5) is 4.04. The summed E-state index contributed by atoms with van der Waals surface area (Å²) in [6.07, 6.45) is 1.46. The van der Waals surface area contributed by atoms with E-state index < -0.39 is 17.5 Å². The van der Waals surface area contributed by atoms with Crippen LogP contribution in [0.15, 0.2) is 30.5 Å². The molecule has 19 heavy (non-hydrogen) atoms. The molecule has 7 heteroatoms. The number of anilines is 2. The summed E-state index contributed by atoms with van der Waals surface area (Å²) in [5.41, 5.74) is 5.92. The number of thiocarbonyl (C=S) groups is 1.